The highest BCUT2D eigenvalue weighted by Gasteiger charge is 2.51. The standard InChI is InChI=1S/C38H57NO7Si2/c1-38(2,3)48(35-16-12-10-13-17-35,36-18-14-11-15-19-36)46-33(27-37(40)39(4)42-6)26-34(29-44-30-43-24-25-47(7,8)9)45-28-31-20-22-32(41-5)23-21-31/h10-23,33-34H,24-30H2,1-9H3/t33-,34+/m0/s1. The maximum atomic E-state index is 13.5. The van der Waals surface area contributed by atoms with Crippen LogP contribution in [0.3, 0.4) is 0 Å². The molecule has 0 heterocycles. The summed E-state index contributed by atoms with van der Waals surface area (Å²) in [7, 11) is 0.558. The summed E-state index contributed by atoms with van der Waals surface area (Å²) in [4.78, 5) is 18.8. The van der Waals surface area contributed by atoms with Crippen LogP contribution in [0, 0.1) is 0 Å². The molecule has 0 radical (unpaired) electrons. The van der Waals surface area contributed by atoms with Crippen LogP contribution in [0.15, 0.2) is 84.9 Å². The van der Waals surface area contributed by atoms with Crippen LogP contribution in [0.5, 0.6) is 5.75 Å². The normalized spacial score (nSPS) is 13.6. The van der Waals surface area contributed by atoms with Crippen LogP contribution in [0.2, 0.25) is 30.7 Å². The molecule has 3 rings (SSSR count). The highest BCUT2D eigenvalue weighted by Crippen LogP contribution is 2.38. The van der Waals surface area contributed by atoms with E-state index in [1.54, 1.807) is 14.2 Å². The van der Waals surface area contributed by atoms with Gasteiger partial charge in [0, 0.05) is 28.1 Å². The molecule has 0 aromatic heterocycles. The number of methoxy groups -OCH3 is 1. The molecule has 0 spiro atoms. The molecule has 0 saturated heterocycles. The van der Waals surface area contributed by atoms with Crippen LogP contribution in [0.25, 0.3) is 0 Å². The largest absolute Gasteiger partial charge is 0.497 e. The van der Waals surface area contributed by atoms with Gasteiger partial charge in [0.15, 0.2) is 0 Å². The van der Waals surface area contributed by atoms with Gasteiger partial charge in [0.25, 0.3) is 8.32 Å². The molecule has 10 heteroatoms. The Morgan fingerprint density at radius 3 is 1.90 bits per heavy atom. The molecule has 8 nitrogen and oxygen atoms in total. The number of amides is 1. The first-order chi connectivity index (χ1) is 22.8. The second-order valence-electron chi connectivity index (χ2n) is 14.4. The second-order valence-corrected chi connectivity index (χ2v) is 24.3. The molecule has 2 atom stereocenters. The molecule has 48 heavy (non-hydrogen) atoms. The summed E-state index contributed by atoms with van der Waals surface area (Å²) >= 11 is 0. The summed E-state index contributed by atoms with van der Waals surface area (Å²) in [5, 5.41) is 3.27. The quantitative estimate of drug-likeness (QED) is 0.0567. The first kappa shape index (κ1) is 39.6. The lowest BCUT2D eigenvalue weighted by molar-refractivity contribution is -0.171. The van der Waals surface area contributed by atoms with Crippen molar-refractivity contribution in [1.82, 2.24) is 5.06 Å². The van der Waals surface area contributed by atoms with E-state index in [0.29, 0.717) is 19.6 Å². The van der Waals surface area contributed by atoms with Crippen molar-refractivity contribution < 1.29 is 33.0 Å². The van der Waals surface area contributed by atoms with Crippen molar-refractivity contribution in [3.63, 3.8) is 0 Å². The fourth-order valence-corrected chi connectivity index (χ4v) is 11.1. The number of carbonyl (C=O) groups excluding carboxylic acids is 1. The van der Waals surface area contributed by atoms with Crippen LogP contribution in [-0.4, -0.2) is 80.8 Å². The van der Waals surface area contributed by atoms with Gasteiger partial charge in [-0.15, -0.1) is 0 Å². The van der Waals surface area contributed by atoms with Crippen molar-refractivity contribution in [1.29, 1.82) is 0 Å². The minimum atomic E-state index is -3.00. The molecule has 0 aliphatic carbocycles. The lowest BCUT2D eigenvalue weighted by Gasteiger charge is -2.45. The van der Waals surface area contributed by atoms with Crippen molar-refractivity contribution in [3.8, 4) is 5.75 Å². The molecule has 1 amide bonds. The van der Waals surface area contributed by atoms with Gasteiger partial charge in [0.2, 0.25) is 5.91 Å². The van der Waals surface area contributed by atoms with Gasteiger partial charge >= 0.3 is 0 Å². The molecule has 0 aliphatic rings. The monoisotopic (exact) mass is 695 g/mol. The Morgan fingerprint density at radius 2 is 1.40 bits per heavy atom. The zero-order valence-corrected chi connectivity index (χ0v) is 32.5. The van der Waals surface area contributed by atoms with E-state index in [4.69, 9.17) is 28.2 Å². The molecule has 0 unspecified atom stereocenters. The molecular weight excluding hydrogens is 639 g/mol. The van der Waals surface area contributed by atoms with Crippen molar-refractivity contribution in [3.05, 3.63) is 90.5 Å². The third-order valence-electron chi connectivity index (χ3n) is 8.42. The summed E-state index contributed by atoms with van der Waals surface area (Å²) in [6, 6.07) is 29.8. The third kappa shape index (κ3) is 11.9. The first-order valence-electron chi connectivity index (χ1n) is 16.8. The number of rotatable bonds is 20. The lowest BCUT2D eigenvalue weighted by Crippen LogP contribution is -2.68. The van der Waals surface area contributed by atoms with E-state index in [1.807, 2.05) is 36.4 Å². The summed E-state index contributed by atoms with van der Waals surface area (Å²) in [5.74, 6) is 0.610. The third-order valence-corrected chi connectivity index (χ3v) is 15.2. The van der Waals surface area contributed by atoms with Crippen LogP contribution < -0.4 is 15.1 Å². The van der Waals surface area contributed by atoms with Gasteiger partial charge in [-0.25, -0.2) is 5.06 Å². The Labute approximate surface area is 290 Å². The first-order valence-corrected chi connectivity index (χ1v) is 22.4. The van der Waals surface area contributed by atoms with E-state index in [-0.39, 0.29) is 36.9 Å². The SMILES string of the molecule is COc1ccc(CO[C@@H](COCOCC[Si](C)(C)C)C[C@@H](CC(=O)N(C)OC)O[Si](c2ccccc2)(c2ccccc2)C(C)(C)C)cc1. The topological polar surface area (TPSA) is 75.7 Å². The van der Waals surface area contributed by atoms with Crippen LogP contribution >= 0.6 is 0 Å². The molecule has 0 saturated carbocycles. The second kappa shape index (κ2) is 18.8. The number of ether oxygens (including phenoxy) is 4. The van der Waals surface area contributed by atoms with Gasteiger partial charge in [0.1, 0.15) is 12.5 Å². The highest BCUT2D eigenvalue weighted by molar-refractivity contribution is 6.99. The van der Waals surface area contributed by atoms with E-state index < -0.39 is 22.5 Å². The Morgan fingerprint density at radius 1 is 0.812 bits per heavy atom. The van der Waals surface area contributed by atoms with E-state index >= 15 is 0 Å². The van der Waals surface area contributed by atoms with Gasteiger partial charge in [-0.1, -0.05) is 113 Å². The predicted molar refractivity (Wildman–Crippen MR) is 198 cm³/mol. The van der Waals surface area contributed by atoms with Crippen LogP contribution in [-0.2, 0) is 34.9 Å². The van der Waals surface area contributed by atoms with Gasteiger partial charge in [-0.2, -0.15) is 0 Å². The van der Waals surface area contributed by atoms with E-state index in [9.17, 15) is 4.79 Å². The fourth-order valence-electron chi connectivity index (χ4n) is 5.63. The van der Waals surface area contributed by atoms with Crippen LogP contribution in [0.1, 0.15) is 39.2 Å². The summed E-state index contributed by atoms with van der Waals surface area (Å²) in [6.07, 6.45) is -0.335. The van der Waals surface area contributed by atoms with Crippen LogP contribution in [0.4, 0.5) is 0 Å². The molecule has 0 bridgehead atoms. The zero-order valence-electron chi connectivity index (χ0n) is 30.5. The fraction of sp³-hybridized carbons (Fsp3) is 0.500. The number of carbonyl (C=O) groups is 1. The van der Waals surface area contributed by atoms with Gasteiger partial charge in [0.05, 0.1) is 46.1 Å². The molecule has 0 fully saturated rings. The molecule has 264 valence electrons. The van der Waals surface area contributed by atoms with Crippen molar-refractivity contribution in [2.45, 2.75) is 83.2 Å². The van der Waals surface area contributed by atoms with Crippen molar-refractivity contribution >= 4 is 32.7 Å². The summed E-state index contributed by atoms with van der Waals surface area (Å²) in [6.45, 7) is 15.2. The van der Waals surface area contributed by atoms with E-state index in [2.05, 4.69) is 88.9 Å². The number of benzene rings is 3. The maximum Gasteiger partial charge on any atom is 0.261 e. The molecule has 3 aromatic carbocycles. The number of hydrogen-bond acceptors (Lipinski definition) is 7. The molecular formula is C38H57NO7Si2. The average molecular weight is 696 g/mol. The van der Waals surface area contributed by atoms with Crippen molar-refractivity contribution in [2.75, 3.05) is 41.3 Å². The highest BCUT2D eigenvalue weighted by atomic mass is 28.4. The van der Waals surface area contributed by atoms with E-state index in [0.717, 1.165) is 27.7 Å². The predicted octanol–water partition coefficient (Wildman–Crippen LogP) is 6.65. The number of hydroxylamine groups is 2. The summed E-state index contributed by atoms with van der Waals surface area (Å²) in [5.41, 5.74) is 1.01. The van der Waals surface area contributed by atoms with Gasteiger partial charge in [-0.3, -0.25) is 9.63 Å². The Balaban J connectivity index is 1.97. The summed E-state index contributed by atoms with van der Waals surface area (Å²) < 4.78 is 31.3. The Hall–Kier alpha value is -2.84. The average Bonchev–Trinajstić information content (AvgIpc) is 3.06. The zero-order chi connectivity index (χ0) is 35.2. The minimum absolute atomic E-state index is 0.115. The Bertz CT molecular complexity index is 1310. The molecule has 0 N–H and O–H groups in total. The molecule has 0 aliphatic heterocycles. The molecule has 3 aromatic rings. The van der Waals surface area contributed by atoms with E-state index in [1.165, 1.54) is 12.2 Å². The van der Waals surface area contributed by atoms with Crippen molar-refractivity contribution in [2.24, 2.45) is 0 Å². The van der Waals surface area contributed by atoms with Gasteiger partial charge in [-0.05, 0) is 39.2 Å². The minimum Gasteiger partial charge on any atom is -0.497 e. The maximum absolute atomic E-state index is 13.5. The number of hydrogen-bond donors (Lipinski definition) is 0. The smallest absolute Gasteiger partial charge is 0.261 e. The lowest BCUT2D eigenvalue weighted by atomic mass is 10.1. The Kier molecular flexibility index (Phi) is 15.5. The number of nitrogens with zero attached hydrogens (tertiary/aromatic N) is 1. The van der Waals surface area contributed by atoms with Gasteiger partial charge < -0.3 is 23.4 Å².